The van der Waals surface area contributed by atoms with Crippen LogP contribution in [0, 0.1) is 18.1 Å². The van der Waals surface area contributed by atoms with Gasteiger partial charge in [-0.2, -0.15) is 0 Å². The molecule has 1 unspecified atom stereocenters. The second-order valence-electron chi connectivity index (χ2n) is 16.8. The maximum Gasteiger partial charge on any atom is 0.121 e. The molecule has 9 rings (SSSR count). The van der Waals surface area contributed by atoms with E-state index in [9.17, 15) is 0 Å². The molecule has 0 amide bonds. The number of benzene rings is 6. The van der Waals surface area contributed by atoms with E-state index >= 15 is 0 Å². The monoisotopic (exact) mass is 975 g/mol. The minimum atomic E-state index is -1.39. The summed E-state index contributed by atoms with van der Waals surface area (Å²) in [5, 5.41) is 3.67. The van der Waals surface area contributed by atoms with Crippen molar-refractivity contribution in [3.63, 3.8) is 0 Å². The smallest absolute Gasteiger partial charge is 0.121 e. The molecule has 0 bridgehead atoms. The molecule has 3 nitrogen and oxygen atoms in total. The number of pyridine rings is 2. The van der Waals surface area contributed by atoms with Crippen LogP contribution in [-0.2, 0) is 26.5 Å². The van der Waals surface area contributed by atoms with Gasteiger partial charge in [0.25, 0.3) is 0 Å². The molecule has 0 N–H and O–H groups in total. The van der Waals surface area contributed by atoms with Crippen LogP contribution in [0.2, 0.25) is 19.6 Å². The Bertz CT molecular complexity index is 2810. The molecule has 0 spiro atoms. The van der Waals surface area contributed by atoms with Crippen molar-refractivity contribution >= 4 is 35.2 Å². The van der Waals surface area contributed by atoms with Crippen molar-refractivity contribution in [3.8, 4) is 44.8 Å². The fraction of sp³-hybridized carbons (Fsp3) is 0.164. The molecule has 9 aromatic rings. The Morgan fingerprint density at radius 1 is 0.600 bits per heavy atom. The van der Waals surface area contributed by atoms with Crippen LogP contribution in [0.5, 0.6) is 0 Å². The maximum absolute atomic E-state index is 6.41. The topological polar surface area (TPSA) is 38.9 Å². The Labute approximate surface area is 370 Å². The van der Waals surface area contributed by atoms with Crippen molar-refractivity contribution in [2.75, 3.05) is 0 Å². The number of nitrogens with zero attached hydrogens (tertiary/aromatic N) is 2. The maximum atomic E-state index is 6.41. The van der Waals surface area contributed by atoms with Crippen LogP contribution in [0.3, 0.4) is 0 Å². The normalized spacial score (nSPS) is 11.8. The van der Waals surface area contributed by atoms with Crippen molar-refractivity contribution in [2.24, 2.45) is 5.92 Å². The predicted molar refractivity (Wildman–Crippen MR) is 251 cm³/mol. The van der Waals surface area contributed by atoms with E-state index in [2.05, 4.69) is 203 Å². The predicted octanol–water partition coefficient (Wildman–Crippen LogP) is 14.2. The Morgan fingerprint density at radius 2 is 1.27 bits per heavy atom. The van der Waals surface area contributed by atoms with E-state index in [1.165, 1.54) is 38.6 Å². The largest absolute Gasteiger partial charge is 0.501 e. The molecule has 0 aliphatic carbocycles. The molecule has 0 saturated heterocycles. The summed E-state index contributed by atoms with van der Waals surface area (Å²) in [4.78, 5) is 9.47. The summed E-state index contributed by atoms with van der Waals surface area (Å²) >= 11 is 0. The Kier molecular flexibility index (Phi) is 13.2. The van der Waals surface area contributed by atoms with Crippen molar-refractivity contribution < 1.29 is 24.5 Å². The summed E-state index contributed by atoms with van der Waals surface area (Å²) in [6, 6.07) is 61.6. The first kappa shape index (κ1) is 42.4. The first-order valence-corrected chi connectivity index (χ1v) is 24.1. The summed E-state index contributed by atoms with van der Waals surface area (Å²) in [5.41, 5.74) is 14.3. The van der Waals surface area contributed by atoms with Gasteiger partial charge in [-0.05, 0) is 63.3 Å². The minimum Gasteiger partial charge on any atom is -0.501 e. The molecule has 3 aromatic heterocycles. The van der Waals surface area contributed by atoms with Crippen molar-refractivity contribution in [1.29, 1.82) is 0 Å². The van der Waals surface area contributed by atoms with E-state index in [0.717, 1.165) is 56.4 Å². The quantitative estimate of drug-likeness (QED) is 0.107. The van der Waals surface area contributed by atoms with Crippen LogP contribution >= 0.6 is 0 Å². The van der Waals surface area contributed by atoms with Gasteiger partial charge in [0.15, 0.2) is 0 Å². The summed E-state index contributed by atoms with van der Waals surface area (Å²) in [7, 11) is -1.39. The number of aromatic nitrogens is 2. The van der Waals surface area contributed by atoms with E-state index < -0.39 is 8.07 Å². The number of hydrogen-bond acceptors (Lipinski definition) is 3. The van der Waals surface area contributed by atoms with Crippen LogP contribution in [0.25, 0.3) is 66.7 Å². The molecule has 5 heteroatoms. The molecule has 1 radical (unpaired) electrons. The van der Waals surface area contributed by atoms with Gasteiger partial charge in [-0.25, -0.2) is 0 Å². The molecule has 1 atom stereocenters. The van der Waals surface area contributed by atoms with Crippen molar-refractivity contribution in [1.82, 2.24) is 9.97 Å². The van der Waals surface area contributed by atoms with Gasteiger partial charge in [-0.15, -0.1) is 48.0 Å². The number of hydrogen-bond donors (Lipinski definition) is 0. The van der Waals surface area contributed by atoms with Gasteiger partial charge in [-0.1, -0.05) is 183 Å². The second-order valence-corrected chi connectivity index (χ2v) is 21.9. The Morgan fingerprint density at radius 3 is 1.92 bits per heavy atom. The van der Waals surface area contributed by atoms with Crippen molar-refractivity contribution in [3.05, 3.63) is 199 Å². The van der Waals surface area contributed by atoms with Crippen LogP contribution in [0.4, 0.5) is 0 Å². The second kappa shape index (κ2) is 18.7. The average molecular weight is 975 g/mol. The zero-order valence-electron chi connectivity index (χ0n) is 35.2. The van der Waals surface area contributed by atoms with Gasteiger partial charge in [0, 0.05) is 43.8 Å². The summed E-state index contributed by atoms with van der Waals surface area (Å²) < 4.78 is 6.41. The zero-order chi connectivity index (χ0) is 40.9. The molecular weight excluding hydrogens is 925 g/mol. The van der Waals surface area contributed by atoms with Crippen LogP contribution < -0.4 is 5.19 Å². The van der Waals surface area contributed by atoms with Gasteiger partial charge in [0.2, 0.25) is 0 Å². The minimum absolute atomic E-state index is 0. The Balaban J connectivity index is 0.000000184. The summed E-state index contributed by atoms with van der Waals surface area (Å²) in [5.74, 6) is 0.918. The number of fused-ring (bicyclic) bond motifs is 3. The van der Waals surface area contributed by atoms with E-state index in [-0.39, 0.29) is 26.0 Å². The molecule has 6 aromatic carbocycles. The molecule has 301 valence electrons. The van der Waals surface area contributed by atoms with Crippen LogP contribution in [0.15, 0.2) is 175 Å². The van der Waals surface area contributed by atoms with E-state index in [1.54, 1.807) is 0 Å². The molecular formula is C55H50IrN2OSi-2. The molecule has 0 aliphatic heterocycles. The molecule has 0 aliphatic rings. The van der Waals surface area contributed by atoms with E-state index in [0.29, 0.717) is 5.92 Å². The summed E-state index contributed by atoms with van der Waals surface area (Å²) in [6.07, 6.45) is 5.11. The summed E-state index contributed by atoms with van der Waals surface area (Å²) in [6.45, 7) is 14.0. The standard InChI is InChI=1S/C31H22NO.C24H28NSi.Ir/c1-21(22-9-4-2-5-10-22)24-17-18-32-29(19-24)28-14-8-13-27-26-16-15-25(20-30(26)33-31(27)28)23-11-6-3-7-12-23;1-18(2)15-22-16-23(25-17-24(22)26(3,4)5)21-13-11-20(12-14-21)19-9-7-6-8-10-19;/h2-13,15-21H,1H3;6-13,16-18H,15H2,1-5H3;/q2*-1;. The molecule has 0 saturated carbocycles. The van der Waals surface area contributed by atoms with Crippen LogP contribution in [0.1, 0.15) is 43.4 Å². The molecule has 60 heavy (non-hydrogen) atoms. The first-order valence-electron chi connectivity index (χ1n) is 20.6. The third kappa shape index (κ3) is 9.51. The van der Waals surface area contributed by atoms with Gasteiger partial charge >= 0.3 is 0 Å². The first-order chi connectivity index (χ1) is 28.6. The SMILES string of the molecule is CC(C)Cc1cc(-c2[c-]cc(-c3ccccc3)cc2)ncc1[Si](C)(C)C.CC(c1ccccc1)c1ccnc(-c2[c-]ccc3c2oc2cc(-c4ccccc4)ccc23)c1.[Ir]. The van der Waals surface area contributed by atoms with Gasteiger partial charge in [0.05, 0.1) is 13.7 Å². The zero-order valence-corrected chi connectivity index (χ0v) is 38.6. The van der Waals surface area contributed by atoms with Gasteiger partial charge in [-0.3, -0.25) is 0 Å². The number of rotatable bonds is 9. The fourth-order valence-corrected chi connectivity index (χ4v) is 9.44. The van der Waals surface area contributed by atoms with E-state index in [1.807, 2.05) is 24.4 Å². The van der Waals surface area contributed by atoms with Gasteiger partial charge < -0.3 is 14.4 Å². The number of furan rings is 1. The van der Waals surface area contributed by atoms with E-state index in [4.69, 9.17) is 9.40 Å². The Hall–Kier alpha value is -5.71. The third-order valence-corrected chi connectivity index (χ3v) is 13.1. The average Bonchev–Trinajstić information content (AvgIpc) is 3.65. The van der Waals surface area contributed by atoms with Crippen molar-refractivity contribution in [2.45, 2.75) is 52.8 Å². The van der Waals surface area contributed by atoms with Crippen LogP contribution in [-0.4, -0.2) is 18.0 Å². The molecule has 3 heterocycles. The fourth-order valence-electron chi connectivity index (χ4n) is 7.85. The van der Waals surface area contributed by atoms with Gasteiger partial charge in [0.1, 0.15) is 5.58 Å². The third-order valence-electron chi connectivity index (χ3n) is 11.0. The molecule has 0 fully saturated rings.